The summed E-state index contributed by atoms with van der Waals surface area (Å²) in [6.07, 6.45) is 0. The highest BCUT2D eigenvalue weighted by Gasteiger charge is 2.25. The number of benzene rings is 2. The van der Waals surface area contributed by atoms with Crippen molar-refractivity contribution in [2.45, 2.75) is 13.5 Å². The van der Waals surface area contributed by atoms with Gasteiger partial charge in [0.25, 0.3) is 5.91 Å². The number of aryl methyl sites for hydroxylation is 1. The molecule has 2 aromatic carbocycles. The Hall–Kier alpha value is -2.74. The molecule has 2 heterocycles. The third-order valence-corrected chi connectivity index (χ3v) is 5.79. The predicted octanol–water partition coefficient (Wildman–Crippen LogP) is 4.44. The third kappa shape index (κ3) is 4.79. The second-order valence-corrected chi connectivity index (χ2v) is 8.20. The van der Waals surface area contributed by atoms with Gasteiger partial charge in [-0.1, -0.05) is 35.0 Å². The van der Waals surface area contributed by atoms with E-state index in [0.717, 1.165) is 38.3 Å². The number of carbonyl (C=O) groups is 1. The lowest BCUT2D eigenvalue weighted by atomic mass is 10.0. The van der Waals surface area contributed by atoms with Crippen LogP contribution in [0.25, 0.3) is 11.3 Å². The summed E-state index contributed by atoms with van der Waals surface area (Å²) in [6, 6.07) is 12.1. The third-order valence-electron chi connectivity index (χ3n) is 5.48. The molecule has 1 saturated heterocycles. The van der Waals surface area contributed by atoms with Gasteiger partial charge in [0.15, 0.2) is 0 Å². The Labute approximate surface area is 185 Å². The van der Waals surface area contributed by atoms with Crippen molar-refractivity contribution >= 4 is 23.2 Å². The van der Waals surface area contributed by atoms with Crippen LogP contribution in [0.15, 0.2) is 47.0 Å². The van der Waals surface area contributed by atoms with Crippen LogP contribution in [0.4, 0.5) is 10.1 Å². The summed E-state index contributed by atoms with van der Waals surface area (Å²) < 4.78 is 19.6. The predicted molar refractivity (Wildman–Crippen MR) is 119 cm³/mol. The molecule has 1 aliphatic rings. The van der Waals surface area contributed by atoms with Gasteiger partial charge in [-0.05, 0) is 43.8 Å². The van der Waals surface area contributed by atoms with Crippen LogP contribution < -0.4 is 5.32 Å². The molecule has 31 heavy (non-hydrogen) atoms. The van der Waals surface area contributed by atoms with Crippen molar-refractivity contribution in [2.24, 2.45) is 0 Å². The normalized spacial score (nSPS) is 15.2. The van der Waals surface area contributed by atoms with Gasteiger partial charge in [-0.3, -0.25) is 9.69 Å². The van der Waals surface area contributed by atoms with Crippen LogP contribution in [0.5, 0.6) is 0 Å². The van der Waals surface area contributed by atoms with Gasteiger partial charge < -0.3 is 14.7 Å². The van der Waals surface area contributed by atoms with Gasteiger partial charge in [0.2, 0.25) is 0 Å². The Bertz CT molecular complexity index is 1070. The van der Waals surface area contributed by atoms with Crippen molar-refractivity contribution in [3.8, 4) is 11.3 Å². The number of piperazine rings is 1. The van der Waals surface area contributed by atoms with Crippen molar-refractivity contribution in [3.63, 3.8) is 0 Å². The van der Waals surface area contributed by atoms with E-state index < -0.39 is 11.7 Å². The Morgan fingerprint density at radius 2 is 1.94 bits per heavy atom. The van der Waals surface area contributed by atoms with Gasteiger partial charge >= 0.3 is 0 Å². The average Bonchev–Trinajstić information content (AvgIpc) is 3.11. The molecule has 0 unspecified atom stereocenters. The highest BCUT2D eigenvalue weighted by Crippen LogP contribution is 2.33. The number of likely N-dealkylation sites (N-methyl/N-ethyl adjacent to an activating group) is 1. The highest BCUT2D eigenvalue weighted by molar-refractivity contribution is 6.33. The zero-order chi connectivity index (χ0) is 22.0. The second kappa shape index (κ2) is 9.18. The van der Waals surface area contributed by atoms with Crippen LogP contribution in [0.3, 0.4) is 0 Å². The topological polar surface area (TPSA) is 61.6 Å². The molecule has 0 radical (unpaired) electrons. The van der Waals surface area contributed by atoms with Crippen molar-refractivity contribution in [3.05, 3.63) is 70.2 Å². The molecule has 1 N–H and O–H groups in total. The molecule has 0 saturated carbocycles. The van der Waals surface area contributed by atoms with E-state index in [9.17, 15) is 9.18 Å². The fourth-order valence-corrected chi connectivity index (χ4v) is 3.99. The smallest absolute Gasteiger partial charge is 0.261 e. The van der Waals surface area contributed by atoms with Gasteiger partial charge in [0.1, 0.15) is 22.8 Å². The monoisotopic (exact) mass is 442 g/mol. The first-order valence-corrected chi connectivity index (χ1v) is 10.5. The quantitative estimate of drug-likeness (QED) is 0.632. The molecule has 1 fully saturated rings. The zero-order valence-electron chi connectivity index (χ0n) is 17.5. The first-order chi connectivity index (χ1) is 14.9. The van der Waals surface area contributed by atoms with E-state index >= 15 is 0 Å². The standard InChI is InChI=1S/C23H24ClFN4O2/c1-15-20(22(27-31-15)21-18(24)7-4-8-19(21)25)23(30)26-17-6-3-5-16(13-17)14-29-11-9-28(2)10-12-29/h3-8,13H,9-12,14H2,1-2H3,(H,26,30). The minimum Gasteiger partial charge on any atom is -0.360 e. The number of amides is 1. The SMILES string of the molecule is Cc1onc(-c2c(F)cccc2Cl)c1C(=O)Nc1cccc(CN2CCN(C)CC2)c1. The fraction of sp³-hybridized carbons (Fsp3) is 0.304. The number of nitrogens with zero attached hydrogens (tertiary/aromatic N) is 3. The number of hydrogen-bond acceptors (Lipinski definition) is 5. The van der Waals surface area contributed by atoms with Gasteiger partial charge in [0.05, 0.1) is 10.6 Å². The summed E-state index contributed by atoms with van der Waals surface area (Å²) in [5.74, 6) is -0.700. The molecule has 0 bridgehead atoms. The minimum absolute atomic E-state index is 0.0509. The minimum atomic E-state index is -0.566. The Balaban J connectivity index is 1.54. The van der Waals surface area contributed by atoms with E-state index in [-0.39, 0.29) is 21.8 Å². The van der Waals surface area contributed by atoms with Gasteiger partial charge in [-0.15, -0.1) is 0 Å². The lowest BCUT2D eigenvalue weighted by Crippen LogP contribution is -2.43. The number of aromatic nitrogens is 1. The Kier molecular flexibility index (Phi) is 6.36. The van der Waals surface area contributed by atoms with Crippen LogP contribution in [0.2, 0.25) is 5.02 Å². The number of hydrogen-bond donors (Lipinski definition) is 1. The summed E-state index contributed by atoms with van der Waals surface area (Å²) >= 11 is 6.17. The van der Waals surface area contributed by atoms with Crippen molar-refractivity contribution < 1.29 is 13.7 Å². The van der Waals surface area contributed by atoms with E-state index in [0.29, 0.717) is 11.4 Å². The maximum atomic E-state index is 14.4. The molecule has 1 amide bonds. The molecule has 8 heteroatoms. The molecule has 1 aromatic heterocycles. The summed E-state index contributed by atoms with van der Waals surface area (Å²) in [5.41, 5.74) is 2.07. The zero-order valence-corrected chi connectivity index (χ0v) is 18.2. The lowest BCUT2D eigenvalue weighted by molar-refractivity contribution is 0.102. The number of halogens is 2. The van der Waals surface area contributed by atoms with Crippen LogP contribution in [0.1, 0.15) is 21.7 Å². The fourth-order valence-electron chi connectivity index (χ4n) is 3.74. The van der Waals surface area contributed by atoms with Crippen LogP contribution in [0, 0.1) is 12.7 Å². The molecule has 0 aliphatic carbocycles. The molecule has 0 atom stereocenters. The van der Waals surface area contributed by atoms with Gasteiger partial charge in [-0.2, -0.15) is 0 Å². The molecule has 162 valence electrons. The first kappa shape index (κ1) is 21.5. The molecule has 3 aromatic rings. The van der Waals surface area contributed by atoms with E-state index in [2.05, 4.69) is 27.3 Å². The molecular weight excluding hydrogens is 419 g/mol. The average molecular weight is 443 g/mol. The second-order valence-electron chi connectivity index (χ2n) is 7.79. The van der Waals surface area contributed by atoms with Gasteiger partial charge in [0, 0.05) is 38.4 Å². The Morgan fingerprint density at radius 1 is 1.19 bits per heavy atom. The maximum absolute atomic E-state index is 14.4. The van der Waals surface area contributed by atoms with E-state index in [4.69, 9.17) is 16.1 Å². The van der Waals surface area contributed by atoms with Crippen LogP contribution in [-0.4, -0.2) is 54.1 Å². The number of anilines is 1. The summed E-state index contributed by atoms with van der Waals surface area (Å²) in [7, 11) is 2.13. The summed E-state index contributed by atoms with van der Waals surface area (Å²) in [5, 5.41) is 6.95. The summed E-state index contributed by atoms with van der Waals surface area (Å²) in [4.78, 5) is 17.8. The molecule has 1 aliphatic heterocycles. The lowest BCUT2D eigenvalue weighted by Gasteiger charge is -2.32. The summed E-state index contributed by atoms with van der Waals surface area (Å²) in [6.45, 7) is 6.55. The largest absolute Gasteiger partial charge is 0.360 e. The number of nitrogens with one attached hydrogen (secondary N) is 1. The van der Waals surface area contributed by atoms with Crippen LogP contribution >= 0.6 is 11.6 Å². The van der Waals surface area contributed by atoms with Crippen molar-refractivity contribution in [1.82, 2.24) is 15.0 Å². The molecular formula is C23H24ClFN4O2. The van der Waals surface area contributed by atoms with E-state index in [1.54, 1.807) is 13.0 Å². The first-order valence-electron chi connectivity index (χ1n) is 10.1. The van der Waals surface area contributed by atoms with Gasteiger partial charge in [-0.25, -0.2) is 4.39 Å². The maximum Gasteiger partial charge on any atom is 0.261 e. The Morgan fingerprint density at radius 3 is 2.68 bits per heavy atom. The molecule has 6 nitrogen and oxygen atoms in total. The van der Waals surface area contributed by atoms with Crippen molar-refractivity contribution in [1.29, 1.82) is 0 Å². The van der Waals surface area contributed by atoms with Crippen molar-refractivity contribution in [2.75, 3.05) is 38.5 Å². The number of carbonyl (C=O) groups excluding carboxylic acids is 1. The van der Waals surface area contributed by atoms with E-state index in [1.807, 2.05) is 24.3 Å². The van der Waals surface area contributed by atoms with E-state index in [1.165, 1.54) is 12.1 Å². The number of rotatable bonds is 5. The molecule has 4 rings (SSSR count). The molecule has 0 spiro atoms. The van der Waals surface area contributed by atoms with Crippen LogP contribution in [-0.2, 0) is 6.54 Å². The highest BCUT2D eigenvalue weighted by atomic mass is 35.5.